The van der Waals surface area contributed by atoms with Crippen LogP contribution in [0.2, 0.25) is 0 Å². The van der Waals surface area contributed by atoms with Gasteiger partial charge in [0, 0.05) is 27.0 Å². The van der Waals surface area contributed by atoms with Gasteiger partial charge in [0.25, 0.3) is 0 Å². The molecular weight excluding hydrogens is 309 g/mol. The van der Waals surface area contributed by atoms with Crippen molar-refractivity contribution in [2.45, 2.75) is 13.3 Å². The summed E-state index contributed by atoms with van der Waals surface area (Å²) in [5, 5.41) is 24.5. The summed E-state index contributed by atoms with van der Waals surface area (Å²) in [7, 11) is 0. The number of pyridine rings is 1. The fraction of sp³-hybridized carbons (Fsp3) is 0.143. The molecule has 0 amide bonds. The molecule has 117 valence electrons. The van der Waals surface area contributed by atoms with Crippen molar-refractivity contribution in [1.29, 1.82) is 0 Å². The van der Waals surface area contributed by atoms with Crippen LogP contribution in [0.4, 0.5) is 0 Å². The molecule has 3 aromatic heterocycles. The summed E-state index contributed by atoms with van der Waals surface area (Å²) >= 11 is 0. The molecule has 0 aliphatic heterocycles. The van der Waals surface area contributed by atoms with Crippen LogP contribution in [-0.4, -0.2) is 54.8 Å². The monoisotopic (exact) mass is 320 g/mol. The predicted molar refractivity (Wildman–Crippen MR) is 84.0 cm³/mol. The Morgan fingerprint density at radius 1 is 0.917 bits per heavy atom. The van der Waals surface area contributed by atoms with Crippen LogP contribution in [0.15, 0.2) is 30.7 Å². The van der Waals surface area contributed by atoms with Crippen LogP contribution < -0.4 is 0 Å². The van der Waals surface area contributed by atoms with Gasteiger partial charge in [-0.3, -0.25) is 4.98 Å². The largest absolute Gasteiger partial charge is 0.478 e. The zero-order chi connectivity index (χ0) is 16.2. The van der Waals surface area contributed by atoms with Crippen molar-refractivity contribution in [2.24, 2.45) is 0 Å². The number of carbonyl (C=O) groups is 1. The van der Waals surface area contributed by atoms with E-state index in [0.717, 1.165) is 12.0 Å². The lowest BCUT2D eigenvalue weighted by Gasteiger charge is -2.01. The highest BCUT2D eigenvalue weighted by atomic mass is 16.4. The third-order valence-corrected chi connectivity index (χ3v) is 3.04. The highest BCUT2D eigenvalue weighted by molar-refractivity contribution is 5.86. The molecule has 1 N–H and O–H groups in total. The second-order valence-corrected chi connectivity index (χ2v) is 4.55. The summed E-state index contributed by atoms with van der Waals surface area (Å²) in [6.45, 7) is 2.04. The summed E-state index contributed by atoms with van der Waals surface area (Å²) in [5.41, 5.74) is 1.65. The van der Waals surface area contributed by atoms with Gasteiger partial charge >= 0.3 is 5.97 Å². The molecule has 0 aromatic carbocycles. The van der Waals surface area contributed by atoms with Crippen molar-refractivity contribution in [2.75, 3.05) is 0 Å². The summed E-state index contributed by atoms with van der Waals surface area (Å²) in [4.78, 5) is 22.8. The maximum Gasteiger partial charge on any atom is 0.338 e. The van der Waals surface area contributed by atoms with E-state index in [4.69, 9.17) is 5.11 Å². The molecule has 24 heavy (non-hydrogen) atoms. The summed E-state index contributed by atoms with van der Waals surface area (Å²) in [6.07, 6.45) is 4.99. The van der Waals surface area contributed by atoms with E-state index < -0.39 is 5.97 Å². The molecular formula is C14H11BN7O2. The van der Waals surface area contributed by atoms with Crippen molar-refractivity contribution in [3.05, 3.63) is 41.9 Å². The number of rotatable bonds is 4. The minimum atomic E-state index is -1.11. The van der Waals surface area contributed by atoms with E-state index in [1.807, 2.05) is 13.0 Å². The van der Waals surface area contributed by atoms with E-state index in [2.05, 4.69) is 35.3 Å². The van der Waals surface area contributed by atoms with Gasteiger partial charge in [0.15, 0.2) is 0 Å². The van der Waals surface area contributed by atoms with Gasteiger partial charge in [0.05, 0.1) is 5.56 Å². The second-order valence-electron chi connectivity index (χ2n) is 4.55. The van der Waals surface area contributed by atoms with Crippen LogP contribution in [0.5, 0.6) is 0 Å². The molecule has 0 saturated heterocycles. The Hall–Kier alpha value is -3.30. The van der Waals surface area contributed by atoms with Gasteiger partial charge in [-0.2, -0.15) is 0 Å². The van der Waals surface area contributed by atoms with E-state index in [1.54, 1.807) is 12.3 Å². The first kappa shape index (κ1) is 17.1. The fourth-order valence-electron chi connectivity index (χ4n) is 1.74. The highest BCUT2D eigenvalue weighted by Gasteiger charge is 2.11. The minimum absolute atomic E-state index is 0. The molecule has 0 atom stereocenters. The van der Waals surface area contributed by atoms with Crippen molar-refractivity contribution >= 4 is 14.4 Å². The standard InChI is InChI=1S/C14H11N7O2.B/c1-2-8-3-4-10(15-5-8)11-18-20-13(21-19-11)12-16-6-9(7-17-12)14(22)23;/h3-7H,2H2,1H3,(H,22,23);. The molecule has 0 fully saturated rings. The van der Waals surface area contributed by atoms with Gasteiger partial charge < -0.3 is 5.11 Å². The molecule has 0 spiro atoms. The smallest absolute Gasteiger partial charge is 0.338 e. The zero-order valence-corrected chi connectivity index (χ0v) is 12.7. The van der Waals surface area contributed by atoms with E-state index in [0.29, 0.717) is 11.5 Å². The molecule has 0 unspecified atom stereocenters. The number of carboxylic acid groups (broad SMARTS) is 1. The van der Waals surface area contributed by atoms with Crippen LogP contribution in [0.25, 0.3) is 23.2 Å². The summed E-state index contributed by atoms with van der Waals surface area (Å²) in [6, 6.07) is 3.74. The lowest BCUT2D eigenvalue weighted by Crippen LogP contribution is -2.04. The molecule has 3 heterocycles. The molecule has 10 heteroatoms. The van der Waals surface area contributed by atoms with Gasteiger partial charge in [0.2, 0.25) is 17.5 Å². The van der Waals surface area contributed by atoms with Gasteiger partial charge in [-0.05, 0) is 18.1 Å². The number of aromatic carboxylic acids is 1. The summed E-state index contributed by atoms with van der Waals surface area (Å²) < 4.78 is 0. The SMILES string of the molecule is CCc1ccc(-c2nnc(-c3ncc(C(=O)O)cn3)nn2)nc1.[B]. The number of nitrogens with zero attached hydrogens (tertiary/aromatic N) is 7. The van der Waals surface area contributed by atoms with Crippen LogP contribution >= 0.6 is 0 Å². The highest BCUT2D eigenvalue weighted by Crippen LogP contribution is 2.12. The Labute approximate surface area is 138 Å². The lowest BCUT2D eigenvalue weighted by atomic mass is 10.2. The van der Waals surface area contributed by atoms with E-state index >= 15 is 0 Å². The Bertz CT molecular complexity index is 823. The number of carboxylic acids is 1. The van der Waals surface area contributed by atoms with Crippen LogP contribution in [0, 0.1) is 0 Å². The molecule has 0 aliphatic carbocycles. The van der Waals surface area contributed by atoms with Gasteiger partial charge in [-0.1, -0.05) is 13.0 Å². The summed E-state index contributed by atoms with van der Waals surface area (Å²) in [5.74, 6) is -0.559. The maximum absolute atomic E-state index is 10.8. The van der Waals surface area contributed by atoms with Crippen LogP contribution in [0.1, 0.15) is 22.8 Å². The number of aromatic nitrogens is 7. The fourth-order valence-corrected chi connectivity index (χ4v) is 1.74. The molecule has 9 nitrogen and oxygen atoms in total. The Balaban J connectivity index is 0.00000208. The minimum Gasteiger partial charge on any atom is -0.478 e. The average Bonchev–Trinajstić information content (AvgIpc) is 2.62. The number of aryl methyl sites for hydroxylation is 1. The topological polar surface area (TPSA) is 128 Å². The predicted octanol–water partition coefficient (Wildman–Crippen LogP) is 0.665. The quantitative estimate of drug-likeness (QED) is 0.689. The molecule has 3 rings (SSSR count). The van der Waals surface area contributed by atoms with Gasteiger partial charge in [-0.25, -0.2) is 14.8 Å². The molecule has 0 bridgehead atoms. The third-order valence-electron chi connectivity index (χ3n) is 3.04. The van der Waals surface area contributed by atoms with Gasteiger partial charge in [-0.15, -0.1) is 20.4 Å². The Morgan fingerprint density at radius 3 is 2.04 bits per heavy atom. The average molecular weight is 320 g/mol. The van der Waals surface area contributed by atoms with Crippen LogP contribution in [-0.2, 0) is 6.42 Å². The lowest BCUT2D eigenvalue weighted by molar-refractivity contribution is 0.0696. The van der Waals surface area contributed by atoms with Crippen molar-refractivity contribution < 1.29 is 9.90 Å². The normalized spacial score (nSPS) is 10.0. The molecule has 0 saturated carbocycles. The van der Waals surface area contributed by atoms with Gasteiger partial charge in [0.1, 0.15) is 5.69 Å². The number of hydrogen-bond acceptors (Lipinski definition) is 8. The first-order valence-electron chi connectivity index (χ1n) is 6.75. The van der Waals surface area contributed by atoms with E-state index in [-0.39, 0.29) is 25.6 Å². The molecule has 3 radical (unpaired) electrons. The second kappa shape index (κ2) is 7.31. The van der Waals surface area contributed by atoms with Crippen molar-refractivity contribution in [3.63, 3.8) is 0 Å². The van der Waals surface area contributed by atoms with Crippen LogP contribution in [0.3, 0.4) is 0 Å². The van der Waals surface area contributed by atoms with E-state index in [9.17, 15) is 4.79 Å². The number of hydrogen-bond donors (Lipinski definition) is 1. The first-order valence-corrected chi connectivity index (χ1v) is 6.75. The zero-order valence-electron chi connectivity index (χ0n) is 12.7. The van der Waals surface area contributed by atoms with Crippen molar-refractivity contribution in [3.8, 4) is 23.2 Å². The molecule has 0 aliphatic rings. The Morgan fingerprint density at radius 2 is 1.54 bits per heavy atom. The van der Waals surface area contributed by atoms with Crippen molar-refractivity contribution in [1.82, 2.24) is 35.3 Å². The first-order chi connectivity index (χ1) is 11.2. The third kappa shape index (κ3) is 3.54. The molecule has 3 aromatic rings. The maximum atomic E-state index is 10.8. The van der Waals surface area contributed by atoms with E-state index in [1.165, 1.54) is 12.4 Å². The Kier molecular flexibility index (Phi) is 5.20.